The zero-order chi connectivity index (χ0) is 23.5. The molecule has 1 N–H and O–H groups in total. The van der Waals surface area contributed by atoms with E-state index in [0.29, 0.717) is 41.5 Å². The molecule has 0 radical (unpaired) electrons. The highest BCUT2D eigenvalue weighted by Gasteiger charge is 2.30. The first-order chi connectivity index (χ1) is 16.6. The summed E-state index contributed by atoms with van der Waals surface area (Å²) in [7, 11) is 0. The minimum Gasteiger partial charge on any atom is -0.350 e. The summed E-state index contributed by atoms with van der Waals surface area (Å²) >= 11 is 0. The van der Waals surface area contributed by atoms with E-state index in [-0.39, 0.29) is 17.9 Å². The predicted octanol–water partition coefficient (Wildman–Crippen LogP) is 4.62. The number of rotatable bonds is 5. The monoisotopic (exact) mass is 454 g/mol. The van der Waals surface area contributed by atoms with Gasteiger partial charge in [-0.2, -0.15) is 4.98 Å². The molecule has 7 nitrogen and oxygen atoms in total. The molecule has 0 bridgehead atoms. The Bertz CT molecular complexity index is 1340. The molecule has 0 saturated carbocycles. The summed E-state index contributed by atoms with van der Waals surface area (Å²) in [6, 6.07) is 20.8. The van der Waals surface area contributed by atoms with E-state index in [0.717, 1.165) is 30.0 Å². The van der Waals surface area contributed by atoms with Crippen molar-refractivity contribution in [2.24, 2.45) is 0 Å². The number of benzene rings is 3. The molecule has 4 aromatic rings. The SMILES string of the molecule is Cc1noc(-c2ccccc2C(=O)N2CCCCC2CNC(=O)c2cccc3ccccc23)n1. The maximum absolute atomic E-state index is 13.6. The molecule has 3 aromatic carbocycles. The molecule has 1 aliphatic heterocycles. The number of hydrogen-bond acceptors (Lipinski definition) is 5. The second-order valence-electron chi connectivity index (χ2n) is 8.58. The van der Waals surface area contributed by atoms with E-state index in [2.05, 4.69) is 15.5 Å². The first-order valence-corrected chi connectivity index (χ1v) is 11.6. The van der Waals surface area contributed by atoms with E-state index < -0.39 is 0 Å². The predicted molar refractivity (Wildman–Crippen MR) is 129 cm³/mol. The summed E-state index contributed by atoms with van der Waals surface area (Å²) in [5.74, 6) is 0.635. The lowest BCUT2D eigenvalue weighted by Gasteiger charge is -2.36. The molecule has 0 spiro atoms. The van der Waals surface area contributed by atoms with Crippen LogP contribution in [-0.4, -0.2) is 46.0 Å². The molecule has 1 atom stereocenters. The normalized spacial score (nSPS) is 15.9. The van der Waals surface area contributed by atoms with E-state index in [1.165, 1.54) is 0 Å². The summed E-state index contributed by atoms with van der Waals surface area (Å²) in [6.07, 6.45) is 2.79. The van der Waals surface area contributed by atoms with Gasteiger partial charge < -0.3 is 14.7 Å². The summed E-state index contributed by atoms with van der Waals surface area (Å²) in [4.78, 5) is 32.8. The van der Waals surface area contributed by atoms with Crippen LogP contribution in [0.5, 0.6) is 0 Å². The number of aryl methyl sites for hydroxylation is 1. The number of aromatic nitrogens is 2. The van der Waals surface area contributed by atoms with Gasteiger partial charge in [0, 0.05) is 24.7 Å². The Hall–Kier alpha value is -4.00. The second kappa shape index (κ2) is 9.47. The smallest absolute Gasteiger partial charge is 0.258 e. The van der Waals surface area contributed by atoms with Crippen LogP contribution in [0.1, 0.15) is 45.8 Å². The van der Waals surface area contributed by atoms with E-state index in [4.69, 9.17) is 4.52 Å². The fraction of sp³-hybridized carbons (Fsp3) is 0.259. The van der Waals surface area contributed by atoms with Gasteiger partial charge in [0.05, 0.1) is 11.1 Å². The average Bonchev–Trinajstić information content (AvgIpc) is 3.32. The Balaban J connectivity index is 1.35. The summed E-state index contributed by atoms with van der Waals surface area (Å²) in [6.45, 7) is 2.79. The number of nitrogens with one attached hydrogen (secondary N) is 1. The van der Waals surface area contributed by atoms with Gasteiger partial charge in [0.25, 0.3) is 17.7 Å². The van der Waals surface area contributed by atoms with E-state index in [1.807, 2.05) is 65.6 Å². The largest absolute Gasteiger partial charge is 0.350 e. The Morgan fingerprint density at radius 1 is 1.00 bits per heavy atom. The van der Waals surface area contributed by atoms with Crippen LogP contribution in [0.15, 0.2) is 71.3 Å². The topological polar surface area (TPSA) is 88.3 Å². The van der Waals surface area contributed by atoms with Gasteiger partial charge >= 0.3 is 0 Å². The average molecular weight is 455 g/mol. The van der Waals surface area contributed by atoms with E-state index in [9.17, 15) is 9.59 Å². The van der Waals surface area contributed by atoms with Crippen LogP contribution in [0.25, 0.3) is 22.2 Å². The van der Waals surface area contributed by atoms with Gasteiger partial charge in [0.15, 0.2) is 5.82 Å². The van der Waals surface area contributed by atoms with Gasteiger partial charge in [-0.1, -0.05) is 53.7 Å². The highest BCUT2D eigenvalue weighted by molar-refractivity contribution is 6.07. The number of likely N-dealkylation sites (tertiary alicyclic amines) is 1. The molecule has 0 aliphatic carbocycles. The van der Waals surface area contributed by atoms with Crippen molar-refractivity contribution in [3.05, 3.63) is 83.7 Å². The summed E-state index contributed by atoms with van der Waals surface area (Å²) < 4.78 is 5.33. The minimum absolute atomic E-state index is 0.0855. The number of carbonyl (C=O) groups is 2. The summed E-state index contributed by atoms with van der Waals surface area (Å²) in [5.41, 5.74) is 1.79. The quantitative estimate of drug-likeness (QED) is 0.475. The number of fused-ring (bicyclic) bond motifs is 1. The van der Waals surface area contributed by atoms with Crippen LogP contribution in [0, 0.1) is 6.92 Å². The molecule has 34 heavy (non-hydrogen) atoms. The molecular formula is C27H26N4O3. The third-order valence-corrected chi connectivity index (χ3v) is 6.34. The van der Waals surface area contributed by atoms with Gasteiger partial charge in [-0.05, 0) is 55.2 Å². The summed E-state index contributed by atoms with van der Waals surface area (Å²) in [5, 5.41) is 8.88. The van der Waals surface area contributed by atoms with Crippen molar-refractivity contribution < 1.29 is 14.1 Å². The van der Waals surface area contributed by atoms with Crippen LogP contribution in [-0.2, 0) is 0 Å². The lowest BCUT2D eigenvalue weighted by Crippen LogP contribution is -2.49. The molecular weight excluding hydrogens is 428 g/mol. The Labute approximate surface area is 197 Å². The molecule has 1 fully saturated rings. The first kappa shape index (κ1) is 21.8. The van der Waals surface area contributed by atoms with Gasteiger partial charge in [-0.15, -0.1) is 0 Å². The third kappa shape index (κ3) is 4.29. The van der Waals surface area contributed by atoms with Crippen molar-refractivity contribution in [1.29, 1.82) is 0 Å². The molecule has 1 aromatic heterocycles. The first-order valence-electron chi connectivity index (χ1n) is 11.6. The fourth-order valence-electron chi connectivity index (χ4n) is 4.63. The van der Waals surface area contributed by atoms with Crippen molar-refractivity contribution >= 4 is 22.6 Å². The molecule has 172 valence electrons. The maximum Gasteiger partial charge on any atom is 0.258 e. The van der Waals surface area contributed by atoms with Crippen LogP contribution >= 0.6 is 0 Å². The molecule has 1 aliphatic rings. The molecule has 7 heteroatoms. The molecule has 2 heterocycles. The van der Waals surface area contributed by atoms with Crippen LogP contribution in [0.3, 0.4) is 0 Å². The zero-order valence-electron chi connectivity index (χ0n) is 19.0. The molecule has 5 rings (SSSR count). The Morgan fingerprint density at radius 2 is 1.76 bits per heavy atom. The minimum atomic E-state index is -0.128. The van der Waals surface area contributed by atoms with Crippen molar-refractivity contribution in [2.75, 3.05) is 13.1 Å². The number of carbonyl (C=O) groups excluding carboxylic acids is 2. The van der Waals surface area contributed by atoms with Gasteiger partial charge in [0.2, 0.25) is 0 Å². The number of piperidine rings is 1. The number of amides is 2. The second-order valence-corrected chi connectivity index (χ2v) is 8.58. The van der Waals surface area contributed by atoms with Crippen LogP contribution in [0.2, 0.25) is 0 Å². The van der Waals surface area contributed by atoms with Gasteiger partial charge in [-0.3, -0.25) is 9.59 Å². The van der Waals surface area contributed by atoms with Crippen LogP contribution in [0.4, 0.5) is 0 Å². The lowest BCUT2D eigenvalue weighted by molar-refractivity contribution is 0.0603. The van der Waals surface area contributed by atoms with Crippen molar-refractivity contribution in [3.63, 3.8) is 0 Å². The third-order valence-electron chi connectivity index (χ3n) is 6.34. The molecule has 2 amide bonds. The van der Waals surface area contributed by atoms with Crippen molar-refractivity contribution in [1.82, 2.24) is 20.4 Å². The Morgan fingerprint density at radius 3 is 2.62 bits per heavy atom. The number of hydrogen-bond donors (Lipinski definition) is 1. The lowest BCUT2D eigenvalue weighted by atomic mass is 9.98. The van der Waals surface area contributed by atoms with Gasteiger partial charge in [-0.25, -0.2) is 0 Å². The molecule has 1 saturated heterocycles. The zero-order valence-corrected chi connectivity index (χ0v) is 19.0. The van der Waals surface area contributed by atoms with E-state index >= 15 is 0 Å². The van der Waals surface area contributed by atoms with Crippen molar-refractivity contribution in [3.8, 4) is 11.5 Å². The van der Waals surface area contributed by atoms with E-state index in [1.54, 1.807) is 13.0 Å². The highest BCUT2D eigenvalue weighted by atomic mass is 16.5. The highest BCUT2D eigenvalue weighted by Crippen LogP contribution is 2.26. The fourth-order valence-corrected chi connectivity index (χ4v) is 4.63. The maximum atomic E-state index is 13.6. The Kier molecular flexibility index (Phi) is 6.08. The van der Waals surface area contributed by atoms with Crippen LogP contribution < -0.4 is 5.32 Å². The van der Waals surface area contributed by atoms with Crippen molar-refractivity contribution in [2.45, 2.75) is 32.2 Å². The van der Waals surface area contributed by atoms with Gasteiger partial charge in [0.1, 0.15) is 0 Å². The standard InChI is InChI=1S/C27H26N4O3/c1-18-29-26(34-30-18)23-13-4-5-14-24(23)27(33)31-16-7-6-11-20(31)17-28-25(32)22-15-8-10-19-9-2-3-12-21(19)22/h2-5,8-10,12-15,20H,6-7,11,16-17H2,1H3,(H,28,32). The molecule has 1 unspecified atom stereocenters. The number of nitrogens with zero attached hydrogens (tertiary/aromatic N) is 3.